The van der Waals surface area contributed by atoms with E-state index in [9.17, 15) is 5.11 Å². The molecule has 2 fully saturated rings. The Morgan fingerprint density at radius 1 is 1.25 bits per heavy atom. The second kappa shape index (κ2) is 4.68. The first-order chi connectivity index (χ1) is 7.55. The zero-order chi connectivity index (χ0) is 11.8. The quantitative estimate of drug-likeness (QED) is 0.768. The predicted octanol–water partition coefficient (Wildman–Crippen LogP) is 4.00. The summed E-state index contributed by atoms with van der Waals surface area (Å²) in [6.07, 6.45) is 8.77. The fourth-order valence-corrected chi connectivity index (χ4v) is 3.80. The lowest BCUT2D eigenvalue weighted by Gasteiger charge is -2.52. The third-order valence-corrected chi connectivity index (χ3v) is 5.29. The van der Waals surface area contributed by atoms with Gasteiger partial charge in [-0.3, -0.25) is 0 Å². The van der Waals surface area contributed by atoms with Crippen molar-refractivity contribution in [1.82, 2.24) is 0 Å². The van der Waals surface area contributed by atoms with Crippen molar-refractivity contribution in [2.24, 2.45) is 23.7 Å². The summed E-state index contributed by atoms with van der Waals surface area (Å²) < 4.78 is 0. The molecular formula is C15H28O. The summed E-state index contributed by atoms with van der Waals surface area (Å²) in [6.45, 7) is 6.88. The summed E-state index contributed by atoms with van der Waals surface area (Å²) in [4.78, 5) is 0. The molecule has 0 heterocycles. The Hall–Kier alpha value is -0.0400. The summed E-state index contributed by atoms with van der Waals surface area (Å²) in [5.41, 5.74) is -0.275. The molecular weight excluding hydrogens is 196 g/mol. The molecule has 2 aliphatic carbocycles. The van der Waals surface area contributed by atoms with Crippen molar-refractivity contribution in [1.29, 1.82) is 0 Å². The topological polar surface area (TPSA) is 20.2 Å². The van der Waals surface area contributed by atoms with Gasteiger partial charge in [-0.25, -0.2) is 0 Å². The maximum absolute atomic E-state index is 10.7. The van der Waals surface area contributed by atoms with Crippen LogP contribution in [0.3, 0.4) is 0 Å². The Morgan fingerprint density at radius 3 is 2.50 bits per heavy atom. The molecule has 2 saturated carbocycles. The van der Waals surface area contributed by atoms with Crippen molar-refractivity contribution < 1.29 is 5.11 Å². The van der Waals surface area contributed by atoms with Crippen LogP contribution >= 0.6 is 0 Å². The maximum Gasteiger partial charge on any atom is 0.0681 e. The van der Waals surface area contributed by atoms with Crippen molar-refractivity contribution in [2.45, 2.75) is 71.3 Å². The summed E-state index contributed by atoms with van der Waals surface area (Å²) in [7, 11) is 0. The van der Waals surface area contributed by atoms with Gasteiger partial charge in [0.05, 0.1) is 5.60 Å². The molecule has 1 nitrogen and oxygen atoms in total. The molecule has 1 N–H and O–H groups in total. The van der Waals surface area contributed by atoms with E-state index in [0.717, 1.165) is 30.6 Å². The van der Waals surface area contributed by atoms with E-state index in [4.69, 9.17) is 0 Å². The molecule has 0 amide bonds. The summed E-state index contributed by atoms with van der Waals surface area (Å²) in [5, 5.41) is 10.7. The maximum atomic E-state index is 10.7. The Balaban J connectivity index is 1.88. The molecule has 2 unspecified atom stereocenters. The molecule has 2 rings (SSSR count). The molecule has 94 valence electrons. The molecule has 1 heteroatoms. The van der Waals surface area contributed by atoms with Gasteiger partial charge in [0.25, 0.3) is 0 Å². The number of hydrogen-bond donors (Lipinski definition) is 1. The molecule has 16 heavy (non-hydrogen) atoms. The van der Waals surface area contributed by atoms with Gasteiger partial charge in [-0.15, -0.1) is 0 Å². The van der Waals surface area contributed by atoms with Gasteiger partial charge in [0.15, 0.2) is 0 Å². The lowest BCUT2D eigenvalue weighted by Crippen LogP contribution is -2.52. The van der Waals surface area contributed by atoms with Crippen LogP contribution in [0.1, 0.15) is 65.7 Å². The average Bonchev–Trinajstić information content (AvgIpc) is 2.24. The van der Waals surface area contributed by atoms with Crippen LogP contribution in [0.2, 0.25) is 0 Å². The standard InChI is InChI=1S/C15H28O/c1-4-12-6-5-7-14(8-12)15(16)9-13(10-15)11(2)3/h11-14,16H,4-10H2,1-3H3. The fraction of sp³-hybridized carbons (Fsp3) is 1.00. The highest BCUT2D eigenvalue weighted by molar-refractivity contribution is 5.00. The van der Waals surface area contributed by atoms with Crippen molar-refractivity contribution in [2.75, 3.05) is 0 Å². The molecule has 2 atom stereocenters. The molecule has 0 spiro atoms. The van der Waals surface area contributed by atoms with Gasteiger partial charge in [-0.05, 0) is 49.4 Å². The van der Waals surface area contributed by atoms with E-state index in [-0.39, 0.29) is 5.60 Å². The predicted molar refractivity (Wildman–Crippen MR) is 68.3 cm³/mol. The molecule has 2 aliphatic rings. The van der Waals surface area contributed by atoms with Crippen LogP contribution in [-0.2, 0) is 0 Å². The first-order valence-corrected chi connectivity index (χ1v) is 7.27. The lowest BCUT2D eigenvalue weighted by molar-refractivity contribution is -0.141. The van der Waals surface area contributed by atoms with Crippen LogP contribution in [-0.4, -0.2) is 10.7 Å². The lowest BCUT2D eigenvalue weighted by atomic mass is 9.57. The smallest absolute Gasteiger partial charge is 0.0681 e. The minimum absolute atomic E-state index is 0.275. The van der Waals surface area contributed by atoms with E-state index in [1.54, 1.807) is 0 Å². The second-order valence-electron chi connectivity index (χ2n) is 6.65. The van der Waals surface area contributed by atoms with Gasteiger partial charge >= 0.3 is 0 Å². The van der Waals surface area contributed by atoms with E-state index in [1.807, 2.05) is 0 Å². The van der Waals surface area contributed by atoms with Crippen LogP contribution in [0, 0.1) is 23.7 Å². The number of rotatable bonds is 3. The molecule has 0 saturated heterocycles. The SMILES string of the molecule is CCC1CCCC(C2(O)CC(C(C)C)C2)C1. The minimum atomic E-state index is -0.275. The number of hydrogen-bond acceptors (Lipinski definition) is 1. The van der Waals surface area contributed by atoms with Crippen LogP contribution in [0.4, 0.5) is 0 Å². The fourth-order valence-electron chi connectivity index (χ4n) is 3.80. The summed E-state index contributed by atoms with van der Waals surface area (Å²) >= 11 is 0. The van der Waals surface area contributed by atoms with Crippen molar-refractivity contribution in [3.05, 3.63) is 0 Å². The molecule has 0 bridgehead atoms. The van der Waals surface area contributed by atoms with Gasteiger partial charge in [0.1, 0.15) is 0 Å². The Kier molecular flexibility index (Phi) is 3.63. The highest BCUT2D eigenvalue weighted by Crippen LogP contribution is 2.51. The van der Waals surface area contributed by atoms with E-state index in [1.165, 1.54) is 32.1 Å². The molecule has 0 aromatic rings. The Bertz CT molecular complexity index is 228. The van der Waals surface area contributed by atoms with E-state index < -0.39 is 0 Å². The van der Waals surface area contributed by atoms with Crippen LogP contribution in [0.15, 0.2) is 0 Å². The third kappa shape index (κ3) is 2.30. The number of aliphatic hydroxyl groups is 1. The van der Waals surface area contributed by atoms with E-state index in [0.29, 0.717) is 5.92 Å². The van der Waals surface area contributed by atoms with Gasteiger partial charge in [0, 0.05) is 0 Å². The normalized spacial score (nSPS) is 44.4. The molecule has 0 radical (unpaired) electrons. The summed E-state index contributed by atoms with van der Waals surface area (Å²) in [6, 6.07) is 0. The van der Waals surface area contributed by atoms with E-state index >= 15 is 0 Å². The van der Waals surface area contributed by atoms with Crippen molar-refractivity contribution >= 4 is 0 Å². The Labute approximate surface area is 101 Å². The zero-order valence-electron chi connectivity index (χ0n) is 11.2. The monoisotopic (exact) mass is 224 g/mol. The highest BCUT2D eigenvalue weighted by Gasteiger charge is 2.49. The average molecular weight is 224 g/mol. The zero-order valence-corrected chi connectivity index (χ0v) is 11.2. The second-order valence-corrected chi connectivity index (χ2v) is 6.65. The molecule has 0 aromatic carbocycles. The first-order valence-electron chi connectivity index (χ1n) is 7.27. The van der Waals surface area contributed by atoms with Gasteiger partial charge in [0.2, 0.25) is 0 Å². The van der Waals surface area contributed by atoms with Gasteiger partial charge < -0.3 is 5.11 Å². The van der Waals surface area contributed by atoms with Crippen LogP contribution in [0.25, 0.3) is 0 Å². The van der Waals surface area contributed by atoms with Gasteiger partial charge in [-0.2, -0.15) is 0 Å². The first kappa shape index (κ1) is 12.4. The van der Waals surface area contributed by atoms with E-state index in [2.05, 4.69) is 20.8 Å². The van der Waals surface area contributed by atoms with Crippen molar-refractivity contribution in [3.63, 3.8) is 0 Å². The highest BCUT2D eigenvalue weighted by atomic mass is 16.3. The largest absolute Gasteiger partial charge is 0.390 e. The van der Waals surface area contributed by atoms with Crippen molar-refractivity contribution in [3.8, 4) is 0 Å². The van der Waals surface area contributed by atoms with Gasteiger partial charge in [-0.1, -0.05) is 40.0 Å². The van der Waals surface area contributed by atoms with Crippen LogP contribution < -0.4 is 0 Å². The molecule has 0 aliphatic heterocycles. The van der Waals surface area contributed by atoms with Crippen LogP contribution in [0.5, 0.6) is 0 Å². The Morgan fingerprint density at radius 2 is 1.94 bits per heavy atom. The minimum Gasteiger partial charge on any atom is -0.390 e. The third-order valence-electron chi connectivity index (χ3n) is 5.29. The molecule has 0 aromatic heterocycles. The summed E-state index contributed by atoms with van der Waals surface area (Å²) in [5.74, 6) is 3.04.